The summed E-state index contributed by atoms with van der Waals surface area (Å²) in [6.07, 6.45) is 2.32. The molecule has 1 radical (unpaired) electrons. The highest BCUT2D eigenvalue weighted by atomic mass is 35.5. The molecule has 1 aliphatic heterocycles. The van der Waals surface area contributed by atoms with E-state index in [4.69, 9.17) is 11.6 Å². The largest absolute Gasteiger partial charge is 0.384 e. The molecule has 1 N–H and O–H groups in total. The van der Waals surface area contributed by atoms with Crippen molar-refractivity contribution >= 4 is 17.3 Å². The second kappa shape index (κ2) is 2.74. The van der Waals surface area contributed by atoms with Crippen molar-refractivity contribution in [3.8, 4) is 0 Å². The molecule has 57 valence electrons. The van der Waals surface area contributed by atoms with Crippen LogP contribution in [-0.4, -0.2) is 6.54 Å². The topological polar surface area (TPSA) is 12.0 Å². The summed E-state index contributed by atoms with van der Waals surface area (Å²) in [7, 11) is 0. The van der Waals surface area contributed by atoms with Gasteiger partial charge in [-0.1, -0.05) is 11.6 Å². The van der Waals surface area contributed by atoms with Crippen molar-refractivity contribution in [2.45, 2.75) is 12.8 Å². The molecule has 0 atom stereocenters. The Balaban J connectivity index is 2.49. The zero-order valence-electron chi connectivity index (χ0n) is 6.15. The summed E-state index contributed by atoms with van der Waals surface area (Å²) in [4.78, 5) is 0. The lowest BCUT2D eigenvalue weighted by atomic mass is 10.0. The highest BCUT2D eigenvalue weighted by molar-refractivity contribution is 6.33. The third-order valence-corrected chi connectivity index (χ3v) is 2.25. The number of rotatable bonds is 0. The average Bonchev–Trinajstić information content (AvgIpc) is 2.06. The lowest BCUT2D eigenvalue weighted by Crippen LogP contribution is -2.11. The maximum Gasteiger partial charge on any atom is 0.0646 e. The molecule has 0 aromatic heterocycles. The highest BCUT2D eigenvalue weighted by Crippen LogP contribution is 2.28. The van der Waals surface area contributed by atoms with Crippen LogP contribution in [-0.2, 0) is 6.42 Å². The number of halogens is 1. The predicted molar refractivity (Wildman–Crippen MR) is 47.1 cm³/mol. The van der Waals surface area contributed by atoms with Gasteiger partial charge in [-0.2, -0.15) is 0 Å². The fourth-order valence-corrected chi connectivity index (χ4v) is 1.65. The van der Waals surface area contributed by atoms with Crippen LogP contribution in [0.4, 0.5) is 5.69 Å². The second-order valence-electron chi connectivity index (χ2n) is 2.73. The Morgan fingerprint density at radius 2 is 2.36 bits per heavy atom. The van der Waals surface area contributed by atoms with Crippen LogP contribution in [0.1, 0.15) is 12.0 Å². The zero-order valence-corrected chi connectivity index (χ0v) is 6.91. The van der Waals surface area contributed by atoms with E-state index in [0.29, 0.717) is 0 Å². The van der Waals surface area contributed by atoms with Crippen molar-refractivity contribution < 1.29 is 0 Å². The number of aryl methyl sites for hydroxylation is 1. The Morgan fingerprint density at radius 3 is 3.18 bits per heavy atom. The molecule has 0 bridgehead atoms. The first-order chi connectivity index (χ1) is 5.38. The lowest BCUT2D eigenvalue weighted by Gasteiger charge is -2.18. The molecule has 0 amide bonds. The standard InChI is InChI=1S/C9H9ClN/c10-8-5-1-3-7-4-2-6-11-9(7)8/h3,5,11H,2,4,6H2. The third kappa shape index (κ3) is 1.21. The number of benzene rings is 1. The van der Waals surface area contributed by atoms with Crippen molar-refractivity contribution in [2.24, 2.45) is 0 Å². The van der Waals surface area contributed by atoms with Gasteiger partial charge in [0, 0.05) is 6.54 Å². The summed E-state index contributed by atoms with van der Waals surface area (Å²) >= 11 is 5.95. The van der Waals surface area contributed by atoms with E-state index >= 15 is 0 Å². The molecule has 0 saturated carbocycles. The summed E-state index contributed by atoms with van der Waals surface area (Å²) in [5.41, 5.74) is 2.40. The number of fused-ring (bicyclic) bond motifs is 1. The van der Waals surface area contributed by atoms with Gasteiger partial charge in [-0.15, -0.1) is 0 Å². The summed E-state index contributed by atoms with van der Waals surface area (Å²) < 4.78 is 0. The van der Waals surface area contributed by atoms with Gasteiger partial charge in [0.2, 0.25) is 0 Å². The first-order valence-corrected chi connectivity index (χ1v) is 4.18. The SMILES string of the molecule is Clc1c[c]cc2c1NCCC2. The Kier molecular flexibility index (Phi) is 1.74. The molecule has 1 aromatic carbocycles. The number of hydrogen-bond acceptors (Lipinski definition) is 1. The molecule has 11 heavy (non-hydrogen) atoms. The summed E-state index contributed by atoms with van der Waals surface area (Å²) in [5.74, 6) is 0. The molecular formula is C9H9ClN. The molecule has 0 fully saturated rings. The van der Waals surface area contributed by atoms with Gasteiger partial charge in [0.25, 0.3) is 0 Å². The Bertz CT molecular complexity index is 270. The van der Waals surface area contributed by atoms with Crippen LogP contribution in [0.3, 0.4) is 0 Å². The lowest BCUT2D eigenvalue weighted by molar-refractivity contribution is 0.830. The van der Waals surface area contributed by atoms with Crippen LogP contribution in [0.15, 0.2) is 12.1 Å². The van der Waals surface area contributed by atoms with Crippen LogP contribution in [0.25, 0.3) is 0 Å². The predicted octanol–water partition coefficient (Wildman–Crippen LogP) is 2.50. The minimum atomic E-state index is 0.794. The minimum Gasteiger partial charge on any atom is -0.384 e. The summed E-state index contributed by atoms with van der Waals surface area (Å²) in [5, 5.41) is 4.07. The van der Waals surface area contributed by atoms with Crippen molar-refractivity contribution in [1.82, 2.24) is 0 Å². The smallest absolute Gasteiger partial charge is 0.0646 e. The van der Waals surface area contributed by atoms with Crippen LogP contribution in [0.5, 0.6) is 0 Å². The maximum absolute atomic E-state index is 5.95. The number of nitrogens with one attached hydrogen (secondary N) is 1. The average molecular weight is 167 g/mol. The van der Waals surface area contributed by atoms with Gasteiger partial charge in [-0.05, 0) is 36.6 Å². The number of hydrogen-bond donors (Lipinski definition) is 1. The van der Waals surface area contributed by atoms with Crippen LogP contribution < -0.4 is 5.32 Å². The van der Waals surface area contributed by atoms with Crippen LogP contribution >= 0.6 is 11.6 Å². The van der Waals surface area contributed by atoms with Crippen molar-refractivity contribution in [3.63, 3.8) is 0 Å². The van der Waals surface area contributed by atoms with E-state index in [1.54, 1.807) is 6.07 Å². The Morgan fingerprint density at radius 1 is 1.45 bits per heavy atom. The third-order valence-electron chi connectivity index (χ3n) is 1.95. The van der Waals surface area contributed by atoms with Crippen molar-refractivity contribution in [2.75, 3.05) is 11.9 Å². The molecule has 2 heteroatoms. The van der Waals surface area contributed by atoms with Gasteiger partial charge in [0.1, 0.15) is 0 Å². The van der Waals surface area contributed by atoms with E-state index in [0.717, 1.165) is 23.7 Å². The van der Waals surface area contributed by atoms with Crippen LogP contribution in [0.2, 0.25) is 5.02 Å². The van der Waals surface area contributed by atoms with E-state index in [1.807, 2.05) is 6.07 Å². The van der Waals surface area contributed by atoms with Gasteiger partial charge in [-0.25, -0.2) is 0 Å². The molecule has 1 heterocycles. The molecule has 2 rings (SSSR count). The van der Waals surface area contributed by atoms with Gasteiger partial charge < -0.3 is 5.32 Å². The summed E-state index contributed by atoms with van der Waals surface area (Å²) in [6.45, 7) is 1.04. The maximum atomic E-state index is 5.95. The second-order valence-corrected chi connectivity index (χ2v) is 3.14. The zero-order chi connectivity index (χ0) is 7.68. The monoisotopic (exact) mass is 166 g/mol. The number of anilines is 1. The molecular weight excluding hydrogens is 158 g/mol. The first-order valence-electron chi connectivity index (χ1n) is 3.80. The van der Waals surface area contributed by atoms with Gasteiger partial charge in [0.05, 0.1) is 10.7 Å². The van der Waals surface area contributed by atoms with Crippen molar-refractivity contribution in [3.05, 3.63) is 28.8 Å². The fraction of sp³-hybridized carbons (Fsp3) is 0.333. The molecule has 0 saturated heterocycles. The fourth-order valence-electron chi connectivity index (χ4n) is 1.40. The van der Waals surface area contributed by atoms with E-state index in [1.165, 1.54) is 12.0 Å². The first kappa shape index (κ1) is 6.99. The molecule has 1 aromatic rings. The Labute approximate surface area is 71.4 Å². The molecule has 0 spiro atoms. The van der Waals surface area contributed by atoms with Gasteiger partial charge >= 0.3 is 0 Å². The van der Waals surface area contributed by atoms with Gasteiger partial charge in [-0.3, -0.25) is 0 Å². The quantitative estimate of drug-likeness (QED) is 0.625. The van der Waals surface area contributed by atoms with Gasteiger partial charge in [0.15, 0.2) is 0 Å². The van der Waals surface area contributed by atoms with Crippen molar-refractivity contribution in [1.29, 1.82) is 0 Å². The minimum absolute atomic E-state index is 0.794. The van der Waals surface area contributed by atoms with E-state index in [9.17, 15) is 0 Å². The molecule has 0 unspecified atom stereocenters. The molecule has 1 nitrogen and oxygen atoms in total. The van der Waals surface area contributed by atoms with E-state index in [2.05, 4.69) is 11.4 Å². The van der Waals surface area contributed by atoms with E-state index < -0.39 is 0 Å². The molecule has 0 aliphatic carbocycles. The Hall–Kier alpha value is -0.690. The van der Waals surface area contributed by atoms with Crippen LogP contribution in [0, 0.1) is 6.07 Å². The summed E-state index contributed by atoms with van der Waals surface area (Å²) in [6, 6.07) is 6.83. The van der Waals surface area contributed by atoms with E-state index in [-0.39, 0.29) is 0 Å². The normalized spacial score (nSPS) is 15.4. The highest BCUT2D eigenvalue weighted by Gasteiger charge is 2.09. The molecule has 1 aliphatic rings.